The van der Waals surface area contributed by atoms with E-state index in [1.165, 1.54) is 17.4 Å². The van der Waals surface area contributed by atoms with Gasteiger partial charge in [-0.2, -0.15) is 0 Å². The number of amides is 1. The van der Waals surface area contributed by atoms with Crippen LogP contribution >= 0.6 is 11.3 Å². The molecular weight excluding hydrogens is 377 g/mol. The van der Waals surface area contributed by atoms with Crippen LogP contribution in [0.25, 0.3) is 10.6 Å². The number of ether oxygens (including phenoxy) is 1. The zero-order chi connectivity index (χ0) is 19.5. The monoisotopic (exact) mass is 397 g/mol. The van der Waals surface area contributed by atoms with Gasteiger partial charge in [-0.3, -0.25) is 4.79 Å². The van der Waals surface area contributed by atoms with E-state index in [9.17, 15) is 9.18 Å². The fourth-order valence-electron chi connectivity index (χ4n) is 3.50. The van der Waals surface area contributed by atoms with Crippen molar-refractivity contribution >= 4 is 17.2 Å². The van der Waals surface area contributed by atoms with E-state index in [0.717, 1.165) is 17.8 Å². The fraction of sp³-hybridized carbons (Fsp3) is 0.286. The third-order valence-corrected chi connectivity index (χ3v) is 6.06. The van der Waals surface area contributed by atoms with Crippen LogP contribution in [0.3, 0.4) is 0 Å². The number of halogens is 1. The Hall–Kier alpha value is -2.80. The highest BCUT2D eigenvalue weighted by Gasteiger charge is 2.29. The largest absolute Gasteiger partial charge is 0.496 e. The molecule has 1 fully saturated rings. The van der Waals surface area contributed by atoms with Crippen LogP contribution in [0.15, 0.2) is 48.5 Å². The molecule has 4 rings (SSSR count). The van der Waals surface area contributed by atoms with Crippen LogP contribution in [0.2, 0.25) is 0 Å². The number of hydrogen-bond donors (Lipinski definition) is 0. The van der Waals surface area contributed by atoms with Gasteiger partial charge in [0.2, 0.25) is 0 Å². The number of carbonyl (C=O) groups excluding carboxylic acids is 1. The van der Waals surface area contributed by atoms with Gasteiger partial charge in [0, 0.05) is 24.6 Å². The number of benzene rings is 2. The first-order valence-electron chi connectivity index (χ1n) is 9.18. The maximum absolute atomic E-state index is 14.0. The molecule has 0 aliphatic carbocycles. The SMILES string of the molecule is COc1ccccc1C(=O)N1CCC[C@@H](c2nnc(-c3ccccc3F)s2)C1. The van der Waals surface area contributed by atoms with Crippen LogP contribution in [-0.2, 0) is 0 Å². The van der Waals surface area contributed by atoms with Gasteiger partial charge in [0.15, 0.2) is 5.01 Å². The van der Waals surface area contributed by atoms with Crippen molar-refractivity contribution in [1.29, 1.82) is 0 Å². The average molecular weight is 397 g/mol. The van der Waals surface area contributed by atoms with Crippen molar-refractivity contribution < 1.29 is 13.9 Å². The minimum atomic E-state index is -0.304. The average Bonchev–Trinajstić information content (AvgIpc) is 3.23. The maximum atomic E-state index is 14.0. The molecule has 0 radical (unpaired) electrons. The number of rotatable bonds is 4. The molecular formula is C21H20FN3O2S. The smallest absolute Gasteiger partial charge is 0.257 e. The van der Waals surface area contributed by atoms with Crippen molar-refractivity contribution in [2.75, 3.05) is 20.2 Å². The number of hydrogen-bond acceptors (Lipinski definition) is 5. The molecule has 28 heavy (non-hydrogen) atoms. The van der Waals surface area contributed by atoms with Crippen molar-refractivity contribution in [3.05, 3.63) is 64.9 Å². The first-order chi connectivity index (χ1) is 13.7. The molecule has 1 aliphatic rings. The molecule has 1 amide bonds. The summed E-state index contributed by atoms with van der Waals surface area (Å²) in [6.45, 7) is 1.27. The van der Waals surface area contributed by atoms with Gasteiger partial charge in [0.1, 0.15) is 16.6 Å². The molecule has 7 heteroatoms. The van der Waals surface area contributed by atoms with E-state index in [4.69, 9.17) is 4.74 Å². The van der Waals surface area contributed by atoms with E-state index in [0.29, 0.717) is 35.0 Å². The molecule has 1 aromatic heterocycles. The summed E-state index contributed by atoms with van der Waals surface area (Å²) in [6.07, 6.45) is 1.82. The number of para-hydroxylation sites is 1. The summed E-state index contributed by atoms with van der Waals surface area (Å²) >= 11 is 1.40. The zero-order valence-electron chi connectivity index (χ0n) is 15.5. The second kappa shape index (κ2) is 8.06. The zero-order valence-corrected chi connectivity index (χ0v) is 16.3. The number of methoxy groups -OCH3 is 1. The predicted molar refractivity (Wildman–Crippen MR) is 106 cm³/mol. The lowest BCUT2D eigenvalue weighted by atomic mass is 9.98. The van der Waals surface area contributed by atoms with Gasteiger partial charge in [0.05, 0.1) is 12.7 Å². The summed E-state index contributed by atoms with van der Waals surface area (Å²) in [5.74, 6) is 0.334. The summed E-state index contributed by atoms with van der Waals surface area (Å²) < 4.78 is 19.4. The van der Waals surface area contributed by atoms with Gasteiger partial charge >= 0.3 is 0 Å². The standard InChI is InChI=1S/C21H20FN3O2S/c1-27-18-11-5-3-9-16(18)21(26)25-12-6-7-14(13-25)19-23-24-20(28-19)15-8-2-4-10-17(15)22/h2-5,8-11,14H,6-7,12-13H2,1H3/t14-/m1/s1. The van der Waals surface area contributed by atoms with Gasteiger partial charge < -0.3 is 9.64 Å². The third-order valence-electron chi connectivity index (χ3n) is 4.94. The highest BCUT2D eigenvalue weighted by molar-refractivity contribution is 7.14. The van der Waals surface area contributed by atoms with E-state index in [1.807, 2.05) is 17.0 Å². The molecule has 1 atom stereocenters. The molecule has 2 heterocycles. The minimum Gasteiger partial charge on any atom is -0.496 e. The van der Waals surface area contributed by atoms with Crippen molar-refractivity contribution in [2.24, 2.45) is 0 Å². The van der Waals surface area contributed by atoms with Crippen LogP contribution in [0.5, 0.6) is 5.75 Å². The van der Waals surface area contributed by atoms with E-state index in [2.05, 4.69) is 10.2 Å². The Kier molecular flexibility index (Phi) is 5.34. The predicted octanol–water partition coefficient (Wildman–Crippen LogP) is 4.37. The van der Waals surface area contributed by atoms with Crippen molar-refractivity contribution in [2.45, 2.75) is 18.8 Å². The van der Waals surface area contributed by atoms with Gasteiger partial charge in [-0.25, -0.2) is 4.39 Å². The minimum absolute atomic E-state index is 0.0407. The fourth-order valence-corrected chi connectivity index (χ4v) is 4.49. The number of carbonyl (C=O) groups is 1. The summed E-state index contributed by atoms with van der Waals surface area (Å²) in [7, 11) is 1.57. The van der Waals surface area contributed by atoms with Crippen molar-refractivity contribution in [3.63, 3.8) is 0 Å². The molecule has 0 unspecified atom stereocenters. The maximum Gasteiger partial charge on any atom is 0.257 e. The summed E-state index contributed by atoms with van der Waals surface area (Å²) in [5.41, 5.74) is 1.03. The molecule has 0 saturated carbocycles. The normalized spacial score (nSPS) is 16.8. The van der Waals surface area contributed by atoms with Gasteiger partial charge in [0.25, 0.3) is 5.91 Å². The molecule has 1 aliphatic heterocycles. The van der Waals surface area contributed by atoms with Crippen LogP contribution in [0.1, 0.15) is 34.1 Å². The molecule has 3 aromatic rings. The summed E-state index contributed by atoms with van der Waals surface area (Å²) in [6, 6.07) is 13.8. The second-order valence-corrected chi connectivity index (χ2v) is 7.73. The topological polar surface area (TPSA) is 55.3 Å². The summed E-state index contributed by atoms with van der Waals surface area (Å²) in [4.78, 5) is 14.8. The molecule has 144 valence electrons. The lowest BCUT2D eigenvalue weighted by Gasteiger charge is -2.32. The number of nitrogens with zero attached hydrogens (tertiary/aromatic N) is 3. The second-order valence-electron chi connectivity index (χ2n) is 6.72. The van der Waals surface area contributed by atoms with E-state index in [-0.39, 0.29) is 17.6 Å². The van der Waals surface area contributed by atoms with Crippen LogP contribution in [-0.4, -0.2) is 41.2 Å². The van der Waals surface area contributed by atoms with Gasteiger partial charge in [-0.15, -0.1) is 10.2 Å². The van der Waals surface area contributed by atoms with Crippen LogP contribution in [0, 0.1) is 5.82 Å². The molecule has 0 N–H and O–H groups in total. The van der Waals surface area contributed by atoms with E-state index >= 15 is 0 Å². The van der Waals surface area contributed by atoms with Crippen molar-refractivity contribution in [3.8, 4) is 16.3 Å². The molecule has 1 saturated heterocycles. The van der Waals surface area contributed by atoms with Crippen molar-refractivity contribution in [1.82, 2.24) is 15.1 Å². The van der Waals surface area contributed by atoms with E-state index in [1.54, 1.807) is 37.4 Å². The molecule has 0 bridgehead atoms. The Balaban J connectivity index is 1.53. The highest BCUT2D eigenvalue weighted by atomic mass is 32.1. The molecule has 0 spiro atoms. The number of likely N-dealkylation sites (tertiary alicyclic amines) is 1. The van der Waals surface area contributed by atoms with Crippen LogP contribution < -0.4 is 4.74 Å². The Labute approximate surface area is 166 Å². The highest BCUT2D eigenvalue weighted by Crippen LogP contribution is 2.34. The van der Waals surface area contributed by atoms with Gasteiger partial charge in [-0.1, -0.05) is 35.6 Å². The first kappa shape index (κ1) is 18.6. The van der Waals surface area contributed by atoms with E-state index < -0.39 is 0 Å². The Morgan fingerprint density at radius 3 is 2.79 bits per heavy atom. The van der Waals surface area contributed by atoms with Gasteiger partial charge in [-0.05, 0) is 37.1 Å². The summed E-state index contributed by atoms with van der Waals surface area (Å²) in [5, 5.41) is 9.89. The van der Waals surface area contributed by atoms with Crippen LogP contribution in [0.4, 0.5) is 4.39 Å². The molecule has 2 aromatic carbocycles. The Morgan fingerprint density at radius 1 is 1.18 bits per heavy atom. The number of piperidine rings is 1. The Bertz CT molecular complexity index is 991. The quantitative estimate of drug-likeness (QED) is 0.656. The first-order valence-corrected chi connectivity index (χ1v) is 9.99. The lowest BCUT2D eigenvalue weighted by Crippen LogP contribution is -2.39. The lowest BCUT2D eigenvalue weighted by molar-refractivity contribution is 0.0703. The Morgan fingerprint density at radius 2 is 1.96 bits per heavy atom. The number of aromatic nitrogens is 2. The molecule has 5 nitrogen and oxygen atoms in total. The third kappa shape index (κ3) is 3.62.